The molecule has 5 nitrogen and oxygen atoms in total. The van der Waals surface area contributed by atoms with Crippen LogP contribution >= 0.6 is 0 Å². The first-order chi connectivity index (χ1) is 9.36. The minimum absolute atomic E-state index is 0.555. The van der Waals surface area contributed by atoms with E-state index >= 15 is 0 Å². The molecule has 0 spiro atoms. The van der Waals surface area contributed by atoms with Crippen molar-refractivity contribution < 1.29 is 0 Å². The molecule has 0 aliphatic carbocycles. The van der Waals surface area contributed by atoms with E-state index in [0.29, 0.717) is 6.54 Å². The molecule has 2 aromatic rings. The molecule has 0 bridgehead atoms. The average molecular weight is 259 g/mol. The number of piperidine rings is 1. The van der Waals surface area contributed by atoms with Crippen molar-refractivity contribution in [3.63, 3.8) is 0 Å². The van der Waals surface area contributed by atoms with E-state index in [1.807, 2.05) is 12.1 Å². The summed E-state index contributed by atoms with van der Waals surface area (Å²) in [4.78, 5) is 2.53. The summed E-state index contributed by atoms with van der Waals surface area (Å²) in [5, 5.41) is 8.51. The number of likely N-dealkylation sites (tertiary alicyclic amines) is 1. The van der Waals surface area contributed by atoms with Crippen LogP contribution in [0.5, 0.6) is 0 Å². The van der Waals surface area contributed by atoms with Crippen LogP contribution in [0, 0.1) is 0 Å². The van der Waals surface area contributed by atoms with Crippen molar-refractivity contribution in [2.24, 2.45) is 5.73 Å². The van der Waals surface area contributed by atoms with Gasteiger partial charge in [-0.05, 0) is 37.6 Å². The predicted octanol–water partition coefficient (Wildman–Crippen LogP) is 1.22. The highest BCUT2D eigenvalue weighted by Gasteiger charge is 2.12. The summed E-state index contributed by atoms with van der Waals surface area (Å²) in [5.74, 6) is 1.04. The molecule has 1 aliphatic rings. The SMILES string of the molecule is NCc1ccc2nnc(CCN3CCCCC3)n2c1. The molecule has 0 unspecified atom stereocenters. The van der Waals surface area contributed by atoms with Crippen LogP contribution in [0.2, 0.25) is 0 Å². The Bertz CT molecular complexity index is 542. The van der Waals surface area contributed by atoms with Crippen LogP contribution in [0.15, 0.2) is 18.3 Å². The lowest BCUT2D eigenvalue weighted by molar-refractivity contribution is 0.230. The monoisotopic (exact) mass is 259 g/mol. The van der Waals surface area contributed by atoms with Gasteiger partial charge in [0.15, 0.2) is 5.65 Å². The predicted molar refractivity (Wildman–Crippen MR) is 74.9 cm³/mol. The lowest BCUT2D eigenvalue weighted by Gasteiger charge is -2.25. The number of nitrogens with two attached hydrogens (primary N) is 1. The first-order valence-electron chi connectivity index (χ1n) is 7.12. The lowest BCUT2D eigenvalue weighted by atomic mass is 10.1. The number of pyridine rings is 1. The molecule has 0 atom stereocenters. The van der Waals surface area contributed by atoms with Gasteiger partial charge in [0.1, 0.15) is 5.82 Å². The van der Waals surface area contributed by atoms with Crippen LogP contribution in [-0.4, -0.2) is 39.1 Å². The van der Waals surface area contributed by atoms with Gasteiger partial charge in [0, 0.05) is 25.7 Å². The van der Waals surface area contributed by atoms with E-state index in [4.69, 9.17) is 5.73 Å². The third kappa shape index (κ3) is 2.77. The van der Waals surface area contributed by atoms with E-state index in [1.54, 1.807) is 0 Å². The maximum Gasteiger partial charge on any atom is 0.160 e. The molecule has 1 fully saturated rings. The summed E-state index contributed by atoms with van der Waals surface area (Å²) in [7, 11) is 0. The summed E-state index contributed by atoms with van der Waals surface area (Å²) in [5.41, 5.74) is 7.71. The summed E-state index contributed by atoms with van der Waals surface area (Å²) >= 11 is 0. The molecule has 19 heavy (non-hydrogen) atoms. The van der Waals surface area contributed by atoms with Crippen LogP contribution in [0.3, 0.4) is 0 Å². The summed E-state index contributed by atoms with van der Waals surface area (Å²) in [6.07, 6.45) is 7.05. The summed E-state index contributed by atoms with van der Waals surface area (Å²) in [6, 6.07) is 4.00. The van der Waals surface area contributed by atoms with Crippen molar-refractivity contribution in [3.05, 3.63) is 29.7 Å². The van der Waals surface area contributed by atoms with Crippen LogP contribution in [0.25, 0.3) is 5.65 Å². The zero-order valence-corrected chi connectivity index (χ0v) is 11.3. The molecule has 0 saturated carbocycles. The van der Waals surface area contributed by atoms with Crippen molar-refractivity contribution >= 4 is 5.65 Å². The Labute approximate surface area is 113 Å². The Balaban J connectivity index is 1.72. The largest absolute Gasteiger partial charge is 0.326 e. The van der Waals surface area contributed by atoms with Gasteiger partial charge >= 0.3 is 0 Å². The molecule has 0 radical (unpaired) electrons. The van der Waals surface area contributed by atoms with Crippen LogP contribution in [0.1, 0.15) is 30.7 Å². The molecule has 102 valence electrons. The van der Waals surface area contributed by atoms with Crippen molar-refractivity contribution in [1.29, 1.82) is 0 Å². The highest BCUT2D eigenvalue weighted by Crippen LogP contribution is 2.11. The van der Waals surface area contributed by atoms with E-state index in [-0.39, 0.29) is 0 Å². The van der Waals surface area contributed by atoms with Crippen LogP contribution in [-0.2, 0) is 13.0 Å². The molecule has 1 aliphatic heterocycles. The second-order valence-corrected chi connectivity index (χ2v) is 5.24. The van der Waals surface area contributed by atoms with E-state index in [0.717, 1.165) is 30.0 Å². The minimum Gasteiger partial charge on any atom is -0.326 e. The number of nitrogens with zero attached hydrogens (tertiary/aromatic N) is 4. The molecular formula is C14H21N5. The smallest absolute Gasteiger partial charge is 0.160 e. The Morgan fingerprint density at radius 1 is 1.11 bits per heavy atom. The van der Waals surface area contributed by atoms with Crippen molar-refractivity contribution in [1.82, 2.24) is 19.5 Å². The van der Waals surface area contributed by atoms with Gasteiger partial charge in [-0.15, -0.1) is 10.2 Å². The zero-order chi connectivity index (χ0) is 13.1. The van der Waals surface area contributed by atoms with Crippen LogP contribution in [0.4, 0.5) is 0 Å². The molecule has 0 aromatic carbocycles. The zero-order valence-electron chi connectivity index (χ0n) is 11.3. The molecule has 2 N–H and O–H groups in total. The first kappa shape index (κ1) is 12.6. The second-order valence-electron chi connectivity index (χ2n) is 5.24. The number of aromatic nitrogens is 3. The molecule has 0 amide bonds. The van der Waals surface area contributed by atoms with Gasteiger partial charge in [0.2, 0.25) is 0 Å². The Morgan fingerprint density at radius 2 is 1.95 bits per heavy atom. The third-order valence-electron chi connectivity index (χ3n) is 3.87. The van der Waals surface area contributed by atoms with Gasteiger partial charge in [-0.25, -0.2) is 0 Å². The van der Waals surface area contributed by atoms with Gasteiger partial charge in [-0.1, -0.05) is 12.5 Å². The number of rotatable bonds is 4. The highest BCUT2D eigenvalue weighted by molar-refractivity contribution is 5.39. The van der Waals surface area contributed by atoms with Gasteiger partial charge in [-0.3, -0.25) is 4.40 Å². The first-order valence-corrected chi connectivity index (χ1v) is 7.12. The highest BCUT2D eigenvalue weighted by atomic mass is 15.2. The molecule has 5 heteroatoms. The number of fused-ring (bicyclic) bond motifs is 1. The third-order valence-corrected chi connectivity index (χ3v) is 3.87. The summed E-state index contributed by atoms with van der Waals surface area (Å²) < 4.78 is 2.08. The fourth-order valence-corrected chi connectivity index (χ4v) is 2.71. The Kier molecular flexibility index (Phi) is 3.75. The van der Waals surface area contributed by atoms with Crippen molar-refractivity contribution in [2.45, 2.75) is 32.2 Å². The van der Waals surface area contributed by atoms with E-state index in [9.17, 15) is 0 Å². The molecule has 3 rings (SSSR count). The maximum atomic E-state index is 5.69. The minimum atomic E-state index is 0.555. The van der Waals surface area contributed by atoms with E-state index in [1.165, 1.54) is 32.4 Å². The number of hydrogen-bond donors (Lipinski definition) is 1. The molecule has 1 saturated heterocycles. The van der Waals surface area contributed by atoms with Gasteiger partial charge in [0.25, 0.3) is 0 Å². The molecule has 3 heterocycles. The standard InChI is InChI=1S/C14H21N5/c15-10-12-4-5-13-16-17-14(19(13)11-12)6-9-18-7-2-1-3-8-18/h4-5,11H,1-3,6-10,15H2. The van der Waals surface area contributed by atoms with E-state index < -0.39 is 0 Å². The Morgan fingerprint density at radius 3 is 2.74 bits per heavy atom. The van der Waals surface area contributed by atoms with Gasteiger partial charge in [-0.2, -0.15) is 0 Å². The van der Waals surface area contributed by atoms with Gasteiger partial charge < -0.3 is 10.6 Å². The average Bonchev–Trinajstić information content (AvgIpc) is 2.88. The second kappa shape index (κ2) is 5.67. The summed E-state index contributed by atoms with van der Waals surface area (Å²) in [6.45, 7) is 4.09. The van der Waals surface area contributed by atoms with Crippen molar-refractivity contribution in [3.8, 4) is 0 Å². The normalized spacial score (nSPS) is 17.1. The van der Waals surface area contributed by atoms with Gasteiger partial charge in [0.05, 0.1) is 0 Å². The topological polar surface area (TPSA) is 59.5 Å². The molecular weight excluding hydrogens is 238 g/mol. The molecule has 2 aromatic heterocycles. The fraction of sp³-hybridized carbons (Fsp3) is 0.571. The maximum absolute atomic E-state index is 5.69. The quantitative estimate of drug-likeness (QED) is 0.897. The fourth-order valence-electron chi connectivity index (χ4n) is 2.71. The van der Waals surface area contributed by atoms with E-state index in [2.05, 4.69) is 25.7 Å². The van der Waals surface area contributed by atoms with Crippen LogP contribution < -0.4 is 5.73 Å². The lowest BCUT2D eigenvalue weighted by Crippen LogP contribution is -2.31. The Hall–Kier alpha value is -1.46. The number of hydrogen-bond acceptors (Lipinski definition) is 4. The van der Waals surface area contributed by atoms with Crippen molar-refractivity contribution in [2.75, 3.05) is 19.6 Å².